The SMILES string of the molecule is Cc1nc2n(n1)CCN(C(=O)C1CCCCC1(C)N)C2. The number of amides is 1. The maximum atomic E-state index is 12.8. The van der Waals surface area contributed by atoms with Gasteiger partial charge in [-0.3, -0.25) is 4.79 Å². The molecular weight excluding hydrogens is 254 g/mol. The molecule has 1 aliphatic heterocycles. The number of aryl methyl sites for hydroxylation is 1. The van der Waals surface area contributed by atoms with Crippen LogP contribution in [0.15, 0.2) is 0 Å². The number of carbonyl (C=O) groups excluding carboxylic acids is 1. The second-order valence-electron chi connectivity index (χ2n) is 6.36. The highest BCUT2D eigenvalue weighted by Gasteiger charge is 2.40. The van der Waals surface area contributed by atoms with Crippen molar-refractivity contribution in [3.05, 3.63) is 11.6 Å². The van der Waals surface area contributed by atoms with Crippen LogP contribution in [-0.4, -0.2) is 37.7 Å². The predicted molar refractivity (Wildman–Crippen MR) is 74.7 cm³/mol. The first-order valence-electron chi connectivity index (χ1n) is 7.45. The smallest absolute Gasteiger partial charge is 0.227 e. The molecule has 110 valence electrons. The normalized spacial score (nSPS) is 30.1. The summed E-state index contributed by atoms with van der Waals surface area (Å²) in [4.78, 5) is 19.1. The Labute approximate surface area is 119 Å². The van der Waals surface area contributed by atoms with Gasteiger partial charge in [0.2, 0.25) is 5.91 Å². The summed E-state index contributed by atoms with van der Waals surface area (Å²) < 4.78 is 1.90. The molecule has 0 saturated heterocycles. The van der Waals surface area contributed by atoms with Gasteiger partial charge >= 0.3 is 0 Å². The molecule has 1 aromatic heterocycles. The van der Waals surface area contributed by atoms with E-state index in [1.54, 1.807) is 0 Å². The fourth-order valence-electron chi connectivity index (χ4n) is 3.43. The topological polar surface area (TPSA) is 77.0 Å². The molecule has 1 amide bonds. The summed E-state index contributed by atoms with van der Waals surface area (Å²) in [6.45, 7) is 5.91. The number of hydrogen-bond acceptors (Lipinski definition) is 4. The van der Waals surface area contributed by atoms with E-state index < -0.39 is 0 Å². The number of carbonyl (C=O) groups is 1. The van der Waals surface area contributed by atoms with Gasteiger partial charge in [0.25, 0.3) is 0 Å². The fraction of sp³-hybridized carbons (Fsp3) is 0.786. The third-order valence-corrected chi connectivity index (χ3v) is 4.63. The first kappa shape index (κ1) is 13.5. The van der Waals surface area contributed by atoms with E-state index in [9.17, 15) is 4.79 Å². The lowest BCUT2D eigenvalue weighted by Gasteiger charge is -2.40. The zero-order valence-electron chi connectivity index (χ0n) is 12.3. The molecular formula is C14H23N5O. The van der Waals surface area contributed by atoms with E-state index in [0.29, 0.717) is 13.1 Å². The van der Waals surface area contributed by atoms with Gasteiger partial charge in [-0.15, -0.1) is 0 Å². The molecule has 1 aromatic rings. The van der Waals surface area contributed by atoms with Crippen LogP contribution in [0.3, 0.4) is 0 Å². The van der Waals surface area contributed by atoms with Crippen molar-refractivity contribution in [3.8, 4) is 0 Å². The Morgan fingerprint density at radius 3 is 2.95 bits per heavy atom. The van der Waals surface area contributed by atoms with Crippen molar-refractivity contribution >= 4 is 5.91 Å². The molecule has 1 aliphatic carbocycles. The number of aromatic nitrogens is 3. The molecule has 6 heteroatoms. The Morgan fingerprint density at radius 2 is 2.20 bits per heavy atom. The minimum atomic E-state index is -0.365. The second-order valence-corrected chi connectivity index (χ2v) is 6.36. The summed E-state index contributed by atoms with van der Waals surface area (Å²) >= 11 is 0. The summed E-state index contributed by atoms with van der Waals surface area (Å²) in [5, 5.41) is 4.33. The minimum Gasteiger partial charge on any atom is -0.333 e. The lowest BCUT2D eigenvalue weighted by Crippen LogP contribution is -2.54. The first-order valence-corrected chi connectivity index (χ1v) is 7.45. The number of nitrogens with zero attached hydrogens (tertiary/aromatic N) is 4. The van der Waals surface area contributed by atoms with E-state index >= 15 is 0 Å². The highest BCUT2D eigenvalue weighted by atomic mass is 16.2. The van der Waals surface area contributed by atoms with Crippen molar-refractivity contribution in [3.63, 3.8) is 0 Å². The fourth-order valence-corrected chi connectivity index (χ4v) is 3.43. The van der Waals surface area contributed by atoms with Crippen molar-refractivity contribution in [1.82, 2.24) is 19.7 Å². The number of rotatable bonds is 1. The van der Waals surface area contributed by atoms with E-state index in [1.807, 2.05) is 23.4 Å². The zero-order valence-corrected chi connectivity index (χ0v) is 12.3. The van der Waals surface area contributed by atoms with E-state index in [0.717, 1.165) is 43.9 Å². The van der Waals surface area contributed by atoms with Crippen molar-refractivity contribution in [1.29, 1.82) is 0 Å². The standard InChI is InChI=1S/C14H23N5O/c1-10-16-12-9-18(7-8-19(12)17-10)13(20)11-5-3-4-6-14(11,2)15/h11H,3-9,15H2,1-2H3. The van der Waals surface area contributed by atoms with E-state index in [-0.39, 0.29) is 17.4 Å². The molecule has 2 N–H and O–H groups in total. The van der Waals surface area contributed by atoms with Gasteiger partial charge in [-0.1, -0.05) is 12.8 Å². The molecule has 0 radical (unpaired) electrons. The predicted octanol–water partition coefficient (Wildman–Crippen LogP) is 0.836. The van der Waals surface area contributed by atoms with Gasteiger partial charge in [-0.25, -0.2) is 9.67 Å². The summed E-state index contributed by atoms with van der Waals surface area (Å²) in [5.41, 5.74) is 5.98. The van der Waals surface area contributed by atoms with Gasteiger partial charge in [0.05, 0.1) is 19.0 Å². The molecule has 3 rings (SSSR count). The zero-order chi connectivity index (χ0) is 14.3. The van der Waals surface area contributed by atoms with Crippen LogP contribution in [0.4, 0.5) is 0 Å². The highest BCUT2D eigenvalue weighted by molar-refractivity contribution is 5.80. The molecule has 6 nitrogen and oxygen atoms in total. The molecule has 2 heterocycles. The van der Waals surface area contributed by atoms with Crippen molar-refractivity contribution in [2.45, 2.75) is 58.2 Å². The summed E-state index contributed by atoms with van der Waals surface area (Å²) in [6.07, 6.45) is 4.08. The van der Waals surface area contributed by atoms with Crippen LogP contribution in [0, 0.1) is 12.8 Å². The van der Waals surface area contributed by atoms with Gasteiger partial charge in [0.15, 0.2) is 0 Å². The Bertz CT molecular complexity index is 522. The Morgan fingerprint density at radius 1 is 1.40 bits per heavy atom. The second kappa shape index (κ2) is 4.84. The maximum absolute atomic E-state index is 12.8. The molecule has 2 atom stereocenters. The molecule has 1 fully saturated rings. The van der Waals surface area contributed by atoms with Gasteiger partial charge in [0, 0.05) is 12.1 Å². The quantitative estimate of drug-likeness (QED) is 0.825. The molecule has 0 spiro atoms. The average Bonchev–Trinajstić information content (AvgIpc) is 2.76. The Hall–Kier alpha value is -1.43. The third-order valence-electron chi connectivity index (χ3n) is 4.63. The monoisotopic (exact) mass is 277 g/mol. The summed E-state index contributed by atoms with van der Waals surface area (Å²) in [7, 11) is 0. The van der Waals surface area contributed by atoms with Crippen LogP contribution in [0.2, 0.25) is 0 Å². The number of hydrogen-bond donors (Lipinski definition) is 1. The highest BCUT2D eigenvalue weighted by Crippen LogP contribution is 2.33. The Kier molecular flexibility index (Phi) is 3.28. The molecule has 20 heavy (non-hydrogen) atoms. The van der Waals surface area contributed by atoms with Gasteiger partial charge < -0.3 is 10.6 Å². The molecule has 2 unspecified atom stereocenters. The van der Waals surface area contributed by atoms with Crippen LogP contribution in [-0.2, 0) is 17.9 Å². The molecule has 2 aliphatic rings. The molecule has 0 bridgehead atoms. The van der Waals surface area contributed by atoms with Crippen molar-refractivity contribution in [2.75, 3.05) is 6.54 Å². The van der Waals surface area contributed by atoms with Crippen LogP contribution in [0.5, 0.6) is 0 Å². The van der Waals surface area contributed by atoms with Crippen LogP contribution in [0.1, 0.15) is 44.3 Å². The van der Waals surface area contributed by atoms with Crippen molar-refractivity contribution < 1.29 is 4.79 Å². The van der Waals surface area contributed by atoms with Crippen molar-refractivity contribution in [2.24, 2.45) is 11.7 Å². The summed E-state index contributed by atoms with van der Waals surface area (Å²) in [5.74, 6) is 1.81. The number of nitrogens with two attached hydrogens (primary N) is 1. The maximum Gasteiger partial charge on any atom is 0.227 e. The average molecular weight is 277 g/mol. The van der Waals surface area contributed by atoms with E-state index in [2.05, 4.69) is 10.1 Å². The summed E-state index contributed by atoms with van der Waals surface area (Å²) in [6, 6.07) is 0. The van der Waals surface area contributed by atoms with Crippen LogP contribution in [0.25, 0.3) is 0 Å². The van der Waals surface area contributed by atoms with E-state index in [1.165, 1.54) is 0 Å². The minimum absolute atomic E-state index is 0.0492. The first-order chi connectivity index (χ1) is 9.47. The lowest BCUT2D eigenvalue weighted by atomic mass is 9.74. The molecule has 0 aromatic carbocycles. The van der Waals surface area contributed by atoms with Crippen LogP contribution < -0.4 is 5.73 Å². The van der Waals surface area contributed by atoms with Gasteiger partial charge in [-0.05, 0) is 26.7 Å². The van der Waals surface area contributed by atoms with Gasteiger partial charge in [0.1, 0.15) is 11.6 Å². The van der Waals surface area contributed by atoms with Gasteiger partial charge in [-0.2, -0.15) is 5.10 Å². The Balaban J connectivity index is 1.75. The number of fused-ring (bicyclic) bond motifs is 1. The largest absolute Gasteiger partial charge is 0.333 e. The van der Waals surface area contributed by atoms with Crippen LogP contribution >= 0.6 is 0 Å². The molecule has 1 saturated carbocycles. The lowest BCUT2D eigenvalue weighted by molar-refractivity contribution is -0.140. The van der Waals surface area contributed by atoms with E-state index in [4.69, 9.17) is 5.73 Å². The third kappa shape index (κ3) is 2.32.